The monoisotopic (exact) mass is 534 g/mol. The average molecular weight is 535 g/mol. The highest BCUT2D eigenvalue weighted by Crippen LogP contribution is 2.39. The smallest absolute Gasteiger partial charge is 0.323 e. The summed E-state index contributed by atoms with van der Waals surface area (Å²) < 4.78 is 0.933. The Morgan fingerprint density at radius 3 is 2.36 bits per heavy atom. The summed E-state index contributed by atoms with van der Waals surface area (Å²) in [5.74, 6) is 0.176. The number of aromatic nitrogens is 1. The van der Waals surface area contributed by atoms with Crippen LogP contribution in [0.2, 0.25) is 0 Å². The second-order valence-electron chi connectivity index (χ2n) is 8.70. The Labute approximate surface area is 229 Å². The van der Waals surface area contributed by atoms with Crippen molar-refractivity contribution in [2.24, 2.45) is 5.73 Å². The van der Waals surface area contributed by atoms with Gasteiger partial charge in [-0.15, -0.1) is 11.3 Å². The van der Waals surface area contributed by atoms with Crippen LogP contribution in [-0.2, 0) is 11.3 Å². The third-order valence-electron chi connectivity index (χ3n) is 5.98. The Morgan fingerprint density at radius 1 is 0.872 bits per heavy atom. The highest BCUT2D eigenvalue weighted by Gasteiger charge is 2.14. The van der Waals surface area contributed by atoms with Crippen LogP contribution in [0.1, 0.15) is 11.1 Å². The van der Waals surface area contributed by atoms with Crippen molar-refractivity contribution in [3.05, 3.63) is 108 Å². The number of nitrogens with zero attached hydrogens (tertiary/aromatic N) is 1. The summed E-state index contributed by atoms with van der Waals surface area (Å²) in [5, 5.41) is 11.3. The lowest BCUT2D eigenvalue weighted by molar-refractivity contribution is -0.111. The van der Waals surface area contributed by atoms with Gasteiger partial charge in [-0.2, -0.15) is 0 Å². The minimum atomic E-state index is -0.348. The van der Waals surface area contributed by atoms with Gasteiger partial charge in [0.1, 0.15) is 5.82 Å². The lowest BCUT2D eigenvalue weighted by Crippen LogP contribution is -2.19. The Balaban J connectivity index is 1.31. The number of anilines is 4. The number of amides is 3. The maximum atomic E-state index is 12.5. The van der Waals surface area contributed by atoms with Crippen LogP contribution in [0, 0.1) is 0 Å². The van der Waals surface area contributed by atoms with Crippen LogP contribution in [0.3, 0.4) is 0 Å². The molecule has 0 bridgehead atoms. The summed E-state index contributed by atoms with van der Waals surface area (Å²) in [4.78, 5) is 29.2. The Kier molecular flexibility index (Phi) is 7.63. The van der Waals surface area contributed by atoms with E-state index in [0.717, 1.165) is 38.0 Å². The molecule has 0 atom stereocenters. The van der Waals surface area contributed by atoms with Gasteiger partial charge in [-0.1, -0.05) is 42.5 Å². The standard InChI is InChI=1S/C30H26N6O2S/c31-16-19-5-4-8-24(15-19)36-30(38)35-23-12-9-20(10-13-23)25-18-39-28-21(17-33-29(32)27(25)28)11-14-26(37)34-22-6-2-1-3-7-22/h1-15,17-18H,16,31H2,(H2,32,33)(H,34,37)(H2,35,36,38). The minimum Gasteiger partial charge on any atom is -0.383 e. The molecule has 0 aliphatic rings. The van der Waals surface area contributed by atoms with E-state index in [0.29, 0.717) is 23.7 Å². The highest BCUT2D eigenvalue weighted by atomic mass is 32.1. The van der Waals surface area contributed by atoms with E-state index in [1.165, 1.54) is 17.4 Å². The molecule has 194 valence electrons. The second-order valence-corrected chi connectivity index (χ2v) is 9.58. The van der Waals surface area contributed by atoms with Crippen LogP contribution in [-0.4, -0.2) is 16.9 Å². The van der Waals surface area contributed by atoms with E-state index in [4.69, 9.17) is 11.5 Å². The third kappa shape index (κ3) is 6.12. The molecule has 3 amide bonds. The van der Waals surface area contributed by atoms with E-state index < -0.39 is 0 Å². The first kappa shape index (κ1) is 25.7. The number of pyridine rings is 1. The molecule has 7 N–H and O–H groups in total. The van der Waals surface area contributed by atoms with Crippen molar-refractivity contribution in [2.45, 2.75) is 6.54 Å². The number of para-hydroxylation sites is 1. The predicted molar refractivity (Wildman–Crippen MR) is 161 cm³/mol. The van der Waals surface area contributed by atoms with Crippen LogP contribution >= 0.6 is 11.3 Å². The molecule has 5 rings (SSSR count). The topological polar surface area (TPSA) is 135 Å². The van der Waals surface area contributed by atoms with Crippen molar-refractivity contribution in [3.63, 3.8) is 0 Å². The van der Waals surface area contributed by atoms with Crippen LogP contribution in [0.4, 0.5) is 27.7 Å². The van der Waals surface area contributed by atoms with Gasteiger partial charge in [0.2, 0.25) is 5.91 Å². The largest absolute Gasteiger partial charge is 0.383 e. The van der Waals surface area contributed by atoms with E-state index in [1.807, 2.05) is 78.2 Å². The van der Waals surface area contributed by atoms with Crippen molar-refractivity contribution in [1.82, 2.24) is 4.98 Å². The van der Waals surface area contributed by atoms with Crippen LogP contribution in [0.15, 0.2) is 96.5 Å². The normalized spacial score (nSPS) is 11.0. The van der Waals surface area contributed by atoms with Gasteiger partial charge in [-0.25, -0.2) is 9.78 Å². The predicted octanol–water partition coefficient (Wildman–Crippen LogP) is 6.30. The molecule has 0 unspecified atom stereocenters. The van der Waals surface area contributed by atoms with E-state index in [9.17, 15) is 9.59 Å². The Hall–Kier alpha value is -4.99. The molecule has 5 aromatic rings. The molecule has 8 nitrogen and oxygen atoms in total. The summed E-state index contributed by atoms with van der Waals surface area (Å²) in [6, 6.07) is 23.8. The van der Waals surface area contributed by atoms with Gasteiger partial charge in [0.05, 0.1) is 0 Å². The summed E-state index contributed by atoms with van der Waals surface area (Å²) in [7, 11) is 0. The van der Waals surface area contributed by atoms with Crippen LogP contribution in [0.5, 0.6) is 0 Å². The summed E-state index contributed by atoms with van der Waals surface area (Å²) in [6.45, 7) is 0.400. The van der Waals surface area contributed by atoms with E-state index in [2.05, 4.69) is 20.9 Å². The number of benzene rings is 3. The van der Waals surface area contributed by atoms with E-state index in [-0.39, 0.29) is 11.9 Å². The number of fused-ring (bicyclic) bond motifs is 1. The highest BCUT2D eigenvalue weighted by molar-refractivity contribution is 7.18. The zero-order valence-electron chi connectivity index (χ0n) is 20.8. The first-order valence-electron chi connectivity index (χ1n) is 12.2. The molecule has 0 aliphatic carbocycles. The lowest BCUT2D eigenvalue weighted by atomic mass is 10.0. The number of nitrogens with one attached hydrogen (secondary N) is 3. The molecule has 0 saturated heterocycles. The molecule has 3 aromatic carbocycles. The van der Waals surface area contributed by atoms with Crippen molar-refractivity contribution < 1.29 is 9.59 Å². The molecule has 2 heterocycles. The molecular weight excluding hydrogens is 508 g/mol. The molecule has 0 aliphatic heterocycles. The molecule has 0 fully saturated rings. The molecule has 0 radical (unpaired) electrons. The van der Waals surface area contributed by atoms with Gasteiger partial charge in [0.25, 0.3) is 0 Å². The third-order valence-corrected chi connectivity index (χ3v) is 7.01. The average Bonchev–Trinajstić information content (AvgIpc) is 3.40. The zero-order valence-corrected chi connectivity index (χ0v) is 21.7. The maximum Gasteiger partial charge on any atom is 0.323 e. The second kappa shape index (κ2) is 11.6. The number of nitrogen functional groups attached to an aromatic ring is 1. The molecule has 2 aromatic heterocycles. The van der Waals surface area contributed by atoms with Crippen LogP contribution < -0.4 is 27.4 Å². The fourth-order valence-corrected chi connectivity index (χ4v) is 5.17. The number of carbonyl (C=O) groups is 2. The van der Waals surface area contributed by atoms with Gasteiger partial charge in [-0.3, -0.25) is 4.79 Å². The lowest BCUT2D eigenvalue weighted by Gasteiger charge is -2.09. The van der Waals surface area contributed by atoms with Crippen molar-refractivity contribution in [2.75, 3.05) is 21.7 Å². The number of hydrogen-bond acceptors (Lipinski definition) is 6. The van der Waals surface area contributed by atoms with Gasteiger partial charge < -0.3 is 27.4 Å². The van der Waals surface area contributed by atoms with Crippen molar-refractivity contribution in [1.29, 1.82) is 0 Å². The quantitative estimate of drug-likeness (QED) is 0.156. The van der Waals surface area contributed by atoms with Crippen molar-refractivity contribution in [3.8, 4) is 11.1 Å². The summed E-state index contributed by atoms with van der Waals surface area (Å²) >= 11 is 1.53. The van der Waals surface area contributed by atoms with Gasteiger partial charge in [-0.05, 0) is 59.0 Å². The molecule has 9 heteroatoms. The van der Waals surface area contributed by atoms with Crippen LogP contribution in [0.25, 0.3) is 27.3 Å². The maximum absolute atomic E-state index is 12.5. The van der Waals surface area contributed by atoms with Crippen molar-refractivity contribution >= 4 is 62.3 Å². The number of thiophene rings is 1. The van der Waals surface area contributed by atoms with E-state index >= 15 is 0 Å². The zero-order chi connectivity index (χ0) is 27.2. The number of nitrogens with two attached hydrogens (primary N) is 2. The van der Waals surface area contributed by atoms with E-state index in [1.54, 1.807) is 18.3 Å². The number of urea groups is 1. The first-order valence-corrected chi connectivity index (χ1v) is 13.1. The fourth-order valence-electron chi connectivity index (χ4n) is 4.09. The first-order chi connectivity index (χ1) is 19.0. The summed E-state index contributed by atoms with van der Waals surface area (Å²) in [6.07, 6.45) is 4.89. The molecular formula is C30H26N6O2S. The minimum absolute atomic E-state index is 0.234. The number of hydrogen-bond donors (Lipinski definition) is 5. The molecule has 0 spiro atoms. The number of carbonyl (C=O) groups excluding carboxylic acids is 2. The fraction of sp³-hybridized carbons (Fsp3) is 0.0333. The van der Waals surface area contributed by atoms with Gasteiger partial charge in [0.15, 0.2) is 0 Å². The SMILES string of the molecule is NCc1cccc(NC(=O)Nc2ccc(-c3csc4c(C=CC(=O)Nc5ccccc5)cnc(N)c34)cc2)c1. The molecule has 0 saturated carbocycles. The number of rotatable bonds is 7. The summed E-state index contributed by atoms with van der Waals surface area (Å²) in [5.41, 5.74) is 17.6. The Morgan fingerprint density at radius 2 is 1.59 bits per heavy atom. The van der Waals surface area contributed by atoms with Gasteiger partial charge >= 0.3 is 6.03 Å². The van der Waals surface area contributed by atoms with Gasteiger partial charge in [0, 0.05) is 57.1 Å². The Bertz CT molecular complexity index is 1660. The molecule has 39 heavy (non-hydrogen) atoms.